The molecule has 1 nitrogen and oxygen atoms in total. The fraction of sp³-hybridized carbons (Fsp3) is 0.600. The molecule has 0 radical (unpaired) electrons. The molecule has 0 fully saturated rings. The van der Waals surface area contributed by atoms with Gasteiger partial charge in [-0.15, -0.1) is 11.3 Å². The zero-order chi connectivity index (χ0) is 9.68. The normalized spacial score (nSPS) is 13.2. The van der Waals surface area contributed by atoms with Crippen molar-refractivity contribution >= 4 is 22.9 Å². The quantitative estimate of drug-likeness (QED) is 0.796. The second-order valence-corrected chi connectivity index (χ2v) is 5.15. The van der Waals surface area contributed by atoms with Crippen molar-refractivity contribution in [2.45, 2.75) is 26.8 Å². The Bertz CT molecular complexity index is 247. The van der Waals surface area contributed by atoms with Crippen LogP contribution in [0.25, 0.3) is 0 Å². The van der Waals surface area contributed by atoms with Gasteiger partial charge in [-0.3, -0.25) is 0 Å². The van der Waals surface area contributed by atoms with Gasteiger partial charge in [-0.1, -0.05) is 31.9 Å². The van der Waals surface area contributed by atoms with Crippen molar-refractivity contribution in [2.75, 3.05) is 6.54 Å². The smallest absolute Gasteiger partial charge is 0.0931 e. The van der Waals surface area contributed by atoms with E-state index in [0.717, 1.165) is 23.3 Å². The third-order valence-corrected chi connectivity index (χ3v) is 3.35. The first-order valence-electron chi connectivity index (χ1n) is 4.67. The molecule has 0 bridgehead atoms. The first-order valence-corrected chi connectivity index (χ1v) is 5.86. The molecule has 0 amide bonds. The van der Waals surface area contributed by atoms with Gasteiger partial charge in [-0.2, -0.15) is 0 Å². The minimum Gasteiger partial charge on any atom is -0.312 e. The Morgan fingerprint density at radius 2 is 2.31 bits per heavy atom. The van der Waals surface area contributed by atoms with Gasteiger partial charge in [0.15, 0.2) is 0 Å². The molecule has 13 heavy (non-hydrogen) atoms. The van der Waals surface area contributed by atoms with Crippen LogP contribution in [0.3, 0.4) is 0 Å². The first kappa shape index (κ1) is 11.0. The SMILES string of the molecule is CCC(C)CNCc1ccc(Cl)s1. The van der Waals surface area contributed by atoms with Crippen LogP contribution in [0.15, 0.2) is 12.1 Å². The van der Waals surface area contributed by atoms with Gasteiger partial charge < -0.3 is 5.32 Å². The molecule has 0 aliphatic rings. The zero-order valence-electron chi connectivity index (χ0n) is 8.14. The van der Waals surface area contributed by atoms with E-state index in [1.807, 2.05) is 6.07 Å². The molecular weight excluding hydrogens is 202 g/mol. The van der Waals surface area contributed by atoms with E-state index in [4.69, 9.17) is 11.6 Å². The fourth-order valence-corrected chi connectivity index (χ4v) is 2.09. The Labute approximate surface area is 89.1 Å². The maximum atomic E-state index is 5.82. The van der Waals surface area contributed by atoms with Crippen molar-refractivity contribution < 1.29 is 0 Å². The molecule has 0 saturated carbocycles. The van der Waals surface area contributed by atoms with E-state index in [-0.39, 0.29) is 0 Å². The molecule has 1 rings (SSSR count). The summed E-state index contributed by atoms with van der Waals surface area (Å²) in [5, 5.41) is 3.42. The third-order valence-electron chi connectivity index (χ3n) is 2.12. The molecule has 0 aliphatic carbocycles. The molecule has 1 unspecified atom stereocenters. The molecule has 1 atom stereocenters. The monoisotopic (exact) mass is 217 g/mol. The average molecular weight is 218 g/mol. The maximum absolute atomic E-state index is 5.82. The average Bonchev–Trinajstić information content (AvgIpc) is 2.51. The van der Waals surface area contributed by atoms with Gasteiger partial charge in [-0.05, 0) is 24.6 Å². The molecule has 1 aromatic heterocycles. The number of rotatable bonds is 5. The van der Waals surface area contributed by atoms with Gasteiger partial charge in [0.05, 0.1) is 4.34 Å². The standard InChI is InChI=1S/C10H16ClNS/c1-3-8(2)6-12-7-9-4-5-10(11)13-9/h4-5,8,12H,3,6-7H2,1-2H3. The Morgan fingerprint density at radius 1 is 1.54 bits per heavy atom. The van der Waals surface area contributed by atoms with Crippen LogP contribution in [-0.4, -0.2) is 6.54 Å². The number of hydrogen-bond donors (Lipinski definition) is 1. The Morgan fingerprint density at radius 3 is 2.85 bits per heavy atom. The van der Waals surface area contributed by atoms with E-state index in [0.29, 0.717) is 0 Å². The summed E-state index contributed by atoms with van der Waals surface area (Å²) in [5.74, 6) is 0.760. The van der Waals surface area contributed by atoms with E-state index < -0.39 is 0 Å². The lowest BCUT2D eigenvalue weighted by atomic mass is 10.1. The minimum atomic E-state index is 0.760. The van der Waals surface area contributed by atoms with Crippen molar-refractivity contribution in [3.63, 3.8) is 0 Å². The summed E-state index contributed by atoms with van der Waals surface area (Å²) in [6.07, 6.45) is 1.23. The van der Waals surface area contributed by atoms with Gasteiger partial charge in [0.2, 0.25) is 0 Å². The van der Waals surface area contributed by atoms with E-state index >= 15 is 0 Å². The molecule has 1 aromatic rings. The molecule has 0 spiro atoms. The van der Waals surface area contributed by atoms with Crippen LogP contribution < -0.4 is 5.32 Å². The van der Waals surface area contributed by atoms with Gasteiger partial charge in [0, 0.05) is 11.4 Å². The van der Waals surface area contributed by atoms with Gasteiger partial charge in [-0.25, -0.2) is 0 Å². The van der Waals surface area contributed by atoms with Crippen LogP contribution in [-0.2, 0) is 6.54 Å². The number of halogens is 1. The topological polar surface area (TPSA) is 12.0 Å². The number of hydrogen-bond acceptors (Lipinski definition) is 2. The maximum Gasteiger partial charge on any atom is 0.0931 e. The predicted octanol–water partition coefficient (Wildman–Crippen LogP) is 3.54. The Balaban J connectivity index is 2.20. The summed E-state index contributed by atoms with van der Waals surface area (Å²) in [4.78, 5) is 1.31. The summed E-state index contributed by atoms with van der Waals surface area (Å²) in [5.41, 5.74) is 0. The van der Waals surface area contributed by atoms with Crippen LogP contribution in [0, 0.1) is 5.92 Å². The van der Waals surface area contributed by atoms with Crippen LogP contribution in [0.2, 0.25) is 4.34 Å². The van der Waals surface area contributed by atoms with E-state index in [1.165, 1.54) is 11.3 Å². The molecule has 3 heteroatoms. The fourth-order valence-electron chi connectivity index (χ4n) is 1.03. The summed E-state index contributed by atoms with van der Waals surface area (Å²) in [6, 6.07) is 4.03. The third kappa shape index (κ3) is 4.12. The molecule has 0 aromatic carbocycles. The predicted molar refractivity (Wildman–Crippen MR) is 60.5 cm³/mol. The molecule has 74 valence electrons. The summed E-state index contributed by atoms with van der Waals surface area (Å²) in [6.45, 7) is 6.51. The highest BCUT2D eigenvalue weighted by Gasteiger charge is 1.99. The second kappa shape index (κ2) is 5.63. The molecule has 0 saturated heterocycles. The van der Waals surface area contributed by atoms with Crippen molar-refractivity contribution in [3.8, 4) is 0 Å². The van der Waals surface area contributed by atoms with Crippen molar-refractivity contribution in [2.24, 2.45) is 5.92 Å². The zero-order valence-corrected chi connectivity index (χ0v) is 9.71. The van der Waals surface area contributed by atoms with Crippen LogP contribution in [0.1, 0.15) is 25.1 Å². The van der Waals surface area contributed by atoms with Crippen LogP contribution in [0.5, 0.6) is 0 Å². The van der Waals surface area contributed by atoms with E-state index in [2.05, 4.69) is 25.2 Å². The Kier molecular flexibility index (Phi) is 4.78. The summed E-state index contributed by atoms with van der Waals surface area (Å²) in [7, 11) is 0. The summed E-state index contributed by atoms with van der Waals surface area (Å²) >= 11 is 7.47. The van der Waals surface area contributed by atoms with Crippen LogP contribution in [0.4, 0.5) is 0 Å². The summed E-state index contributed by atoms with van der Waals surface area (Å²) < 4.78 is 0.875. The van der Waals surface area contributed by atoms with Crippen LogP contribution >= 0.6 is 22.9 Å². The van der Waals surface area contributed by atoms with Crippen molar-refractivity contribution in [3.05, 3.63) is 21.3 Å². The highest BCUT2D eigenvalue weighted by atomic mass is 35.5. The lowest BCUT2D eigenvalue weighted by Crippen LogP contribution is -2.19. The van der Waals surface area contributed by atoms with Gasteiger partial charge in [0.1, 0.15) is 0 Å². The van der Waals surface area contributed by atoms with Crippen molar-refractivity contribution in [1.82, 2.24) is 5.32 Å². The first-order chi connectivity index (χ1) is 6.22. The highest BCUT2D eigenvalue weighted by molar-refractivity contribution is 7.16. The van der Waals surface area contributed by atoms with E-state index in [1.54, 1.807) is 11.3 Å². The Hall–Kier alpha value is -0.0500. The lowest BCUT2D eigenvalue weighted by Gasteiger charge is -2.08. The molecule has 1 N–H and O–H groups in total. The number of nitrogens with one attached hydrogen (secondary N) is 1. The van der Waals surface area contributed by atoms with Gasteiger partial charge >= 0.3 is 0 Å². The largest absolute Gasteiger partial charge is 0.312 e. The molecule has 1 heterocycles. The van der Waals surface area contributed by atoms with E-state index in [9.17, 15) is 0 Å². The highest BCUT2D eigenvalue weighted by Crippen LogP contribution is 2.20. The second-order valence-electron chi connectivity index (χ2n) is 3.35. The molecule has 0 aliphatic heterocycles. The lowest BCUT2D eigenvalue weighted by molar-refractivity contribution is 0.501. The number of thiophene rings is 1. The van der Waals surface area contributed by atoms with Crippen molar-refractivity contribution in [1.29, 1.82) is 0 Å². The van der Waals surface area contributed by atoms with Gasteiger partial charge in [0.25, 0.3) is 0 Å². The minimum absolute atomic E-state index is 0.760. The molecular formula is C10H16ClNS.